The van der Waals surface area contributed by atoms with Crippen molar-refractivity contribution >= 4 is 17.7 Å². The molecular weight excluding hydrogens is 284 g/mol. The number of ether oxygens (including phenoxy) is 2. The number of carbonyl (C=O) groups excluding carboxylic acids is 2. The first-order valence-electron chi connectivity index (χ1n) is 7.50. The molecule has 0 spiro atoms. The molecule has 120 valence electrons. The van der Waals surface area contributed by atoms with Gasteiger partial charge in [-0.25, -0.2) is 9.59 Å². The summed E-state index contributed by atoms with van der Waals surface area (Å²) in [7, 11) is 1.33. The standard InChI is InChI=1S/C16H22N2O4/c1-21-15(19)13-4-6-14(7-5-13)18-16(20)17-9-8-12-3-2-10-22-11-12/h4-7,12H,2-3,8-11H2,1H3,(H2,17,18,20)/t12-/m1/s1. The van der Waals surface area contributed by atoms with Crippen molar-refractivity contribution < 1.29 is 19.1 Å². The fourth-order valence-electron chi connectivity index (χ4n) is 2.41. The first-order valence-corrected chi connectivity index (χ1v) is 7.50. The Kier molecular flexibility index (Phi) is 6.21. The van der Waals surface area contributed by atoms with Gasteiger partial charge < -0.3 is 20.1 Å². The highest BCUT2D eigenvalue weighted by atomic mass is 16.5. The van der Waals surface area contributed by atoms with Gasteiger partial charge in [-0.2, -0.15) is 0 Å². The van der Waals surface area contributed by atoms with Crippen LogP contribution in [0.15, 0.2) is 24.3 Å². The number of nitrogens with one attached hydrogen (secondary N) is 2. The van der Waals surface area contributed by atoms with Gasteiger partial charge in [0, 0.05) is 25.4 Å². The number of carbonyl (C=O) groups is 2. The number of anilines is 1. The summed E-state index contributed by atoms with van der Waals surface area (Å²) in [6.07, 6.45) is 3.19. The zero-order chi connectivity index (χ0) is 15.8. The van der Waals surface area contributed by atoms with Crippen molar-refractivity contribution in [1.29, 1.82) is 0 Å². The lowest BCUT2D eigenvalue weighted by molar-refractivity contribution is 0.0520. The molecule has 0 radical (unpaired) electrons. The molecule has 0 aromatic heterocycles. The van der Waals surface area contributed by atoms with Crippen LogP contribution in [0.1, 0.15) is 29.6 Å². The van der Waals surface area contributed by atoms with Crippen LogP contribution >= 0.6 is 0 Å². The third-order valence-corrected chi connectivity index (χ3v) is 3.66. The van der Waals surface area contributed by atoms with Gasteiger partial charge in [0.15, 0.2) is 0 Å². The van der Waals surface area contributed by atoms with E-state index in [1.165, 1.54) is 7.11 Å². The topological polar surface area (TPSA) is 76.7 Å². The maximum atomic E-state index is 11.8. The SMILES string of the molecule is COC(=O)c1ccc(NC(=O)NCC[C@H]2CCCOC2)cc1. The Bertz CT molecular complexity index is 495. The third-order valence-electron chi connectivity index (χ3n) is 3.66. The number of amides is 2. The summed E-state index contributed by atoms with van der Waals surface area (Å²) >= 11 is 0. The van der Waals surface area contributed by atoms with Crippen LogP contribution in [0, 0.1) is 5.92 Å². The number of methoxy groups -OCH3 is 1. The lowest BCUT2D eigenvalue weighted by Gasteiger charge is -2.21. The Balaban J connectivity index is 1.71. The molecule has 1 saturated heterocycles. The summed E-state index contributed by atoms with van der Waals surface area (Å²) < 4.78 is 10.0. The molecule has 1 heterocycles. The summed E-state index contributed by atoms with van der Waals surface area (Å²) in [5.41, 5.74) is 1.08. The van der Waals surface area contributed by atoms with E-state index in [1.807, 2.05) is 0 Å². The first-order chi connectivity index (χ1) is 10.7. The highest BCUT2D eigenvalue weighted by Crippen LogP contribution is 2.16. The van der Waals surface area contributed by atoms with E-state index < -0.39 is 5.97 Å². The Morgan fingerprint density at radius 1 is 1.32 bits per heavy atom. The number of esters is 1. The first kappa shape index (κ1) is 16.3. The molecule has 6 heteroatoms. The Morgan fingerprint density at radius 3 is 2.73 bits per heavy atom. The summed E-state index contributed by atoms with van der Waals surface area (Å²) in [6.45, 7) is 2.27. The average molecular weight is 306 g/mol. The second-order valence-corrected chi connectivity index (χ2v) is 5.32. The fraction of sp³-hybridized carbons (Fsp3) is 0.500. The second kappa shape index (κ2) is 8.38. The predicted octanol–water partition coefficient (Wildman–Crippen LogP) is 2.41. The number of hydrogen-bond donors (Lipinski definition) is 2. The zero-order valence-corrected chi connectivity index (χ0v) is 12.8. The highest BCUT2D eigenvalue weighted by molar-refractivity contribution is 5.92. The molecule has 1 aromatic rings. The van der Waals surface area contributed by atoms with Crippen LogP contribution in [0.5, 0.6) is 0 Å². The van der Waals surface area contributed by atoms with Crippen LogP contribution in [0.4, 0.5) is 10.5 Å². The summed E-state index contributed by atoms with van der Waals surface area (Å²) in [4.78, 5) is 23.1. The summed E-state index contributed by atoms with van der Waals surface area (Å²) in [5.74, 6) is 0.138. The van der Waals surface area contributed by atoms with Crippen molar-refractivity contribution in [3.8, 4) is 0 Å². The quantitative estimate of drug-likeness (QED) is 0.819. The van der Waals surface area contributed by atoms with Crippen LogP contribution in [0.25, 0.3) is 0 Å². The number of hydrogen-bond acceptors (Lipinski definition) is 4. The molecule has 2 rings (SSSR count). The minimum atomic E-state index is -0.397. The van der Waals surface area contributed by atoms with Gasteiger partial charge in [-0.05, 0) is 49.4 Å². The van der Waals surface area contributed by atoms with E-state index in [2.05, 4.69) is 15.4 Å². The fourth-order valence-corrected chi connectivity index (χ4v) is 2.41. The van der Waals surface area contributed by atoms with E-state index in [0.717, 1.165) is 32.5 Å². The number of urea groups is 1. The molecule has 2 N–H and O–H groups in total. The van der Waals surface area contributed by atoms with Gasteiger partial charge in [0.25, 0.3) is 0 Å². The van der Waals surface area contributed by atoms with Crippen LogP contribution in [0.2, 0.25) is 0 Å². The van der Waals surface area contributed by atoms with Crippen molar-refractivity contribution in [2.45, 2.75) is 19.3 Å². The molecule has 6 nitrogen and oxygen atoms in total. The lowest BCUT2D eigenvalue weighted by atomic mass is 9.99. The van der Waals surface area contributed by atoms with Crippen LogP contribution in [0.3, 0.4) is 0 Å². The zero-order valence-electron chi connectivity index (χ0n) is 12.8. The molecule has 1 aliphatic rings. The van der Waals surface area contributed by atoms with E-state index in [-0.39, 0.29) is 6.03 Å². The van der Waals surface area contributed by atoms with E-state index in [1.54, 1.807) is 24.3 Å². The molecule has 0 unspecified atom stereocenters. The molecule has 22 heavy (non-hydrogen) atoms. The van der Waals surface area contributed by atoms with Gasteiger partial charge >= 0.3 is 12.0 Å². The van der Waals surface area contributed by atoms with Crippen molar-refractivity contribution in [3.05, 3.63) is 29.8 Å². The van der Waals surface area contributed by atoms with Crippen LogP contribution in [-0.2, 0) is 9.47 Å². The van der Waals surface area contributed by atoms with Gasteiger partial charge in [-0.1, -0.05) is 0 Å². The molecule has 1 aliphatic heterocycles. The molecule has 1 fully saturated rings. The molecule has 0 aliphatic carbocycles. The monoisotopic (exact) mass is 306 g/mol. The second-order valence-electron chi connectivity index (χ2n) is 5.32. The van der Waals surface area contributed by atoms with Gasteiger partial charge in [0.05, 0.1) is 12.7 Å². The smallest absolute Gasteiger partial charge is 0.337 e. The Morgan fingerprint density at radius 2 is 2.09 bits per heavy atom. The van der Waals surface area contributed by atoms with E-state index in [9.17, 15) is 9.59 Å². The molecular formula is C16H22N2O4. The summed E-state index contributed by atoms with van der Waals surface area (Å²) in [6, 6.07) is 6.31. The van der Waals surface area contributed by atoms with Gasteiger partial charge in [-0.15, -0.1) is 0 Å². The maximum absolute atomic E-state index is 11.8. The van der Waals surface area contributed by atoms with E-state index in [4.69, 9.17) is 4.74 Å². The average Bonchev–Trinajstić information content (AvgIpc) is 2.56. The van der Waals surface area contributed by atoms with Crippen molar-refractivity contribution in [2.24, 2.45) is 5.92 Å². The predicted molar refractivity (Wildman–Crippen MR) is 83.0 cm³/mol. The molecule has 0 saturated carbocycles. The van der Waals surface area contributed by atoms with Crippen molar-refractivity contribution in [1.82, 2.24) is 5.32 Å². The molecule has 1 aromatic carbocycles. The van der Waals surface area contributed by atoms with E-state index >= 15 is 0 Å². The summed E-state index contributed by atoms with van der Waals surface area (Å²) in [5, 5.41) is 5.56. The molecule has 0 bridgehead atoms. The number of benzene rings is 1. The minimum absolute atomic E-state index is 0.248. The molecule has 1 atom stereocenters. The third kappa shape index (κ3) is 5.04. The maximum Gasteiger partial charge on any atom is 0.337 e. The van der Waals surface area contributed by atoms with Crippen LogP contribution < -0.4 is 10.6 Å². The minimum Gasteiger partial charge on any atom is -0.465 e. The van der Waals surface area contributed by atoms with Crippen LogP contribution in [-0.4, -0.2) is 38.9 Å². The Hall–Kier alpha value is -2.08. The van der Waals surface area contributed by atoms with Gasteiger partial charge in [-0.3, -0.25) is 0 Å². The highest BCUT2D eigenvalue weighted by Gasteiger charge is 2.13. The normalized spacial score (nSPS) is 17.6. The lowest BCUT2D eigenvalue weighted by Crippen LogP contribution is -2.31. The van der Waals surface area contributed by atoms with E-state index in [0.29, 0.717) is 23.7 Å². The largest absolute Gasteiger partial charge is 0.465 e. The van der Waals surface area contributed by atoms with Gasteiger partial charge in [0.1, 0.15) is 0 Å². The van der Waals surface area contributed by atoms with Crippen molar-refractivity contribution in [2.75, 3.05) is 32.2 Å². The van der Waals surface area contributed by atoms with Gasteiger partial charge in [0.2, 0.25) is 0 Å². The Labute approximate surface area is 130 Å². The van der Waals surface area contributed by atoms with Crippen molar-refractivity contribution in [3.63, 3.8) is 0 Å². The molecule has 2 amide bonds. The number of rotatable bonds is 5.